The summed E-state index contributed by atoms with van der Waals surface area (Å²) in [6, 6.07) is 6.36. The van der Waals surface area contributed by atoms with Crippen LogP contribution < -0.4 is 10.9 Å². The lowest BCUT2D eigenvalue weighted by Gasteiger charge is -2.11. The molecule has 0 radical (unpaired) electrons. The summed E-state index contributed by atoms with van der Waals surface area (Å²) < 4.78 is 28.4. The zero-order chi connectivity index (χ0) is 17.8. The monoisotopic (exact) mass is 344 g/mol. The Labute approximate surface area is 143 Å². The van der Waals surface area contributed by atoms with Crippen LogP contribution in [0, 0.1) is 11.6 Å². The average molecular weight is 344 g/mol. The van der Waals surface area contributed by atoms with Crippen LogP contribution in [0.5, 0.6) is 0 Å². The van der Waals surface area contributed by atoms with Gasteiger partial charge in [-0.15, -0.1) is 0 Å². The van der Waals surface area contributed by atoms with E-state index in [2.05, 4.69) is 22.2 Å². The summed E-state index contributed by atoms with van der Waals surface area (Å²) in [5, 5.41) is 3.45. The molecule has 0 aliphatic heterocycles. The smallest absolute Gasteiger partial charge is 0.252 e. The SMILES string of the molecule is CCCCCn1c(=O)ccc2cnc(Nc3ccc(F)cc3F)nc21. The van der Waals surface area contributed by atoms with Gasteiger partial charge < -0.3 is 5.32 Å². The fraction of sp³-hybridized carbons (Fsp3) is 0.278. The van der Waals surface area contributed by atoms with Crippen LogP contribution in [0.2, 0.25) is 0 Å². The Bertz CT molecular complexity index is 955. The summed E-state index contributed by atoms with van der Waals surface area (Å²) in [6.07, 6.45) is 4.50. The Morgan fingerprint density at radius 3 is 2.76 bits per heavy atom. The second kappa shape index (κ2) is 7.38. The number of pyridine rings is 1. The summed E-state index contributed by atoms with van der Waals surface area (Å²) in [7, 11) is 0. The molecule has 0 aliphatic rings. The maximum atomic E-state index is 13.8. The quantitative estimate of drug-likeness (QED) is 0.687. The summed E-state index contributed by atoms with van der Waals surface area (Å²) in [6.45, 7) is 2.65. The number of hydrogen-bond acceptors (Lipinski definition) is 4. The number of nitrogens with zero attached hydrogens (tertiary/aromatic N) is 3. The second-order valence-electron chi connectivity index (χ2n) is 5.75. The van der Waals surface area contributed by atoms with E-state index in [0.29, 0.717) is 12.2 Å². The van der Waals surface area contributed by atoms with Crippen molar-refractivity contribution in [2.24, 2.45) is 0 Å². The van der Waals surface area contributed by atoms with Gasteiger partial charge in [0, 0.05) is 30.3 Å². The standard InChI is InChI=1S/C18H18F2N4O/c1-2-3-4-9-24-16(25)8-5-12-11-21-18(23-17(12)24)22-15-7-6-13(19)10-14(15)20/h5-8,10-11H,2-4,9H2,1H3,(H,21,22,23). The molecular weight excluding hydrogens is 326 g/mol. The molecule has 2 heterocycles. The molecule has 0 saturated carbocycles. The van der Waals surface area contributed by atoms with E-state index in [1.165, 1.54) is 12.1 Å². The highest BCUT2D eigenvalue weighted by atomic mass is 19.1. The molecule has 0 aliphatic carbocycles. The fourth-order valence-electron chi connectivity index (χ4n) is 2.58. The lowest BCUT2D eigenvalue weighted by atomic mass is 10.2. The first-order valence-corrected chi connectivity index (χ1v) is 8.17. The maximum Gasteiger partial charge on any atom is 0.252 e. The first-order valence-electron chi connectivity index (χ1n) is 8.17. The Morgan fingerprint density at radius 2 is 2.00 bits per heavy atom. The van der Waals surface area contributed by atoms with Crippen LogP contribution in [0.15, 0.2) is 41.3 Å². The summed E-state index contributed by atoms with van der Waals surface area (Å²) >= 11 is 0. The predicted octanol–water partition coefficient (Wildman–Crippen LogP) is 4.00. The average Bonchev–Trinajstić information content (AvgIpc) is 2.59. The summed E-state index contributed by atoms with van der Waals surface area (Å²) in [4.78, 5) is 20.7. The minimum atomic E-state index is -0.739. The summed E-state index contributed by atoms with van der Waals surface area (Å²) in [5.41, 5.74) is 0.418. The van der Waals surface area contributed by atoms with Gasteiger partial charge in [0.2, 0.25) is 5.95 Å². The van der Waals surface area contributed by atoms with Gasteiger partial charge in [-0.05, 0) is 24.6 Å². The number of unbranched alkanes of at least 4 members (excludes halogenated alkanes) is 2. The third-order valence-corrected chi connectivity index (χ3v) is 3.89. The van der Waals surface area contributed by atoms with Crippen molar-refractivity contribution in [3.63, 3.8) is 0 Å². The Kier molecular flexibility index (Phi) is 5.02. The maximum absolute atomic E-state index is 13.8. The fourth-order valence-corrected chi connectivity index (χ4v) is 2.58. The molecule has 0 saturated heterocycles. The number of anilines is 2. The highest BCUT2D eigenvalue weighted by molar-refractivity contribution is 5.75. The van der Waals surface area contributed by atoms with Crippen molar-refractivity contribution in [1.29, 1.82) is 0 Å². The third kappa shape index (κ3) is 3.81. The minimum Gasteiger partial charge on any atom is -0.322 e. The molecular formula is C18H18F2N4O. The van der Waals surface area contributed by atoms with Crippen molar-refractivity contribution in [3.8, 4) is 0 Å². The van der Waals surface area contributed by atoms with Gasteiger partial charge in [-0.3, -0.25) is 9.36 Å². The molecule has 0 spiro atoms. The Hall–Kier alpha value is -2.83. The minimum absolute atomic E-state index is 0.0663. The van der Waals surface area contributed by atoms with E-state index in [1.807, 2.05) is 0 Å². The number of rotatable bonds is 6. The number of fused-ring (bicyclic) bond motifs is 1. The molecule has 7 heteroatoms. The van der Waals surface area contributed by atoms with Crippen LogP contribution in [0.4, 0.5) is 20.4 Å². The van der Waals surface area contributed by atoms with Gasteiger partial charge >= 0.3 is 0 Å². The highest BCUT2D eigenvalue weighted by Gasteiger charge is 2.09. The second-order valence-corrected chi connectivity index (χ2v) is 5.75. The third-order valence-electron chi connectivity index (χ3n) is 3.89. The molecule has 25 heavy (non-hydrogen) atoms. The molecule has 3 rings (SSSR count). The van der Waals surface area contributed by atoms with Crippen LogP contribution in [0.25, 0.3) is 11.0 Å². The van der Waals surface area contributed by atoms with Crippen LogP contribution in [-0.2, 0) is 6.54 Å². The van der Waals surface area contributed by atoms with E-state index in [0.717, 1.165) is 36.8 Å². The number of hydrogen-bond donors (Lipinski definition) is 1. The van der Waals surface area contributed by atoms with Gasteiger partial charge in [0.05, 0.1) is 5.69 Å². The molecule has 0 fully saturated rings. The normalized spacial score (nSPS) is 11.0. The molecule has 1 aromatic carbocycles. The van der Waals surface area contributed by atoms with E-state index >= 15 is 0 Å². The number of nitrogens with one attached hydrogen (secondary N) is 1. The zero-order valence-corrected chi connectivity index (χ0v) is 13.8. The van der Waals surface area contributed by atoms with E-state index in [4.69, 9.17) is 0 Å². The molecule has 0 unspecified atom stereocenters. The van der Waals surface area contributed by atoms with Crippen LogP contribution in [0.3, 0.4) is 0 Å². The van der Waals surface area contributed by atoms with Gasteiger partial charge in [-0.25, -0.2) is 13.8 Å². The van der Waals surface area contributed by atoms with E-state index in [-0.39, 0.29) is 17.2 Å². The largest absolute Gasteiger partial charge is 0.322 e. The number of halogens is 2. The lowest BCUT2D eigenvalue weighted by Crippen LogP contribution is -2.20. The van der Waals surface area contributed by atoms with Crippen LogP contribution >= 0.6 is 0 Å². The van der Waals surface area contributed by atoms with E-state index in [9.17, 15) is 13.6 Å². The first kappa shape index (κ1) is 17.0. The van der Waals surface area contributed by atoms with Crippen LogP contribution in [-0.4, -0.2) is 14.5 Å². The lowest BCUT2D eigenvalue weighted by molar-refractivity contribution is 0.586. The van der Waals surface area contributed by atoms with Crippen molar-refractivity contribution >= 4 is 22.7 Å². The molecule has 3 aromatic rings. The number of aromatic nitrogens is 3. The van der Waals surface area contributed by atoms with Crippen molar-refractivity contribution in [3.05, 3.63) is 58.5 Å². The first-order chi connectivity index (χ1) is 12.1. The van der Waals surface area contributed by atoms with Crippen molar-refractivity contribution < 1.29 is 8.78 Å². The van der Waals surface area contributed by atoms with Gasteiger partial charge in [0.1, 0.15) is 17.3 Å². The molecule has 5 nitrogen and oxygen atoms in total. The van der Waals surface area contributed by atoms with Gasteiger partial charge in [-0.1, -0.05) is 19.8 Å². The van der Waals surface area contributed by atoms with Gasteiger partial charge in [0.25, 0.3) is 5.56 Å². The molecule has 130 valence electrons. The van der Waals surface area contributed by atoms with Gasteiger partial charge in [-0.2, -0.15) is 4.98 Å². The van der Waals surface area contributed by atoms with E-state index in [1.54, 1.807) is 16.8 Å². The molecule has 1 N–H and O–H groups in total. The van der Waals surface area contributed by atoms with Gasteiger partial charge in [0.15, 0.2) is 0 Å². The highest BCUT2D eigenvalue weighted by Crippen LogP contribution is 2.19. The predicted molar refractivity (Wildman–Crippen MR) is 93.0 cm³/mol. The summed E-state index contributed by atoms with van der Waals surface area (Å²) in [5.74, 6) is -1.25. The molecule has 0 atom stereocenters. The Balaban J connectivity index is 1.97. The van der Waals surface area contributed by atoms with Crippen molar-refractivity contribution in [2.45, 2.75) is 32.7 Å². The van der Waals surface area contributed by atoms with Crippen molar-refractivity contribution in [1.82, 2.24) is 14.5 Å². The molecule has 2 aromatic heterocycles. The Morgan fingerprint density at radius 1 is 1.16 bits per heavy atom. The molecule has 0 amide bonds. The number of benzene rings is 1. The number of aryl methyl sites for hydroxylation is 1. The van der Waals surface area contributed by atoms with E-state index < -0.39 is 11.6 Å². The zero-order valence-electron chi connectivity index (χ0n) is 13.8. The van der Waals surface area contributed by atoms with Crippen molar-refractivity contribution in [2.75, 3.05) is 5.32 Å². The van der Waals surface area contributed by atoms with Crippen LogP contribution in [0.1, 0.15) is 26.2 Å². The molecule has 0 bridgehead atoms. The topological polar surface area (TPSA) is 59.8 Å².